The Morgan fingerprint density at radius 2 is 2.06 bits per heavy atom. The summed E-state index contributed by atoms with van der Waals surface area (Å²) in [5.74, 6) is 1.78. The molecule has 0 saturated carbocycles. The molecular formula is C13H19N3OS. The average molecular weight is 265 g/mol. The summed E-state index contributed by atoms with van der Waals surface area (Å²) in [5.41, 5.74) is 1.25. The molecule has 4 nitrogen and oxygen atoms in total. The Labute approximate surface area is 111 Å². The molecule has 2 rings (SSSR count). The molecule has 2 aromatic heterocycles. The molecule has 0 bridgehead atoms. The average Bonchev–Trinajstić information content (AvgIpc) is 2.65. The van der Waals surface area contributed by atoms with Crippen molar-refractivity contribution in [2.45, 2.75) is 33.6 Å². The number of aliphatic hydroxyl groups is 1. The van der Waals surface area contributed by atoms with Gasteiger partial charge in [0.25, 0.3) is 0 Å². The molecule has 0 atom stereocenters. The third-order valence-corrected chi connectivity index (χ3v) is 4.12. The maximum absolute atomic E-state index is 8.85. The summed E-state index contributed by atoms with van der Waals surface area (Å²) >= 11 is 1.72. The first kappa shape index (κ1) is 13.2. The van der Waals surface area contributed by atoms with Crippen molar-refractivity contribution in [2.75, 3.05) is 18.5 Å². The zero-order valence-corrected chi connectivity index (χ0v) is 11.9. The first-order valence-corrected chi connectivity index (χ1v) is 7.10. The summed E-state index contributed by atoms with van der Waals surface area (Å²) < 4.78 is 0. The molecule has 0 aromatic carbocycles. The molecule has 2 aromatic rings. The summed E-state index contributed by atoms with van der Waals surface area (Å²) in [6, 6.07) is 0. The number of hydrogen-bond donors (Lipinski definition) is 2. The first-order chi connectivity index (χ1) is 8.67. The van der Waals surface area contributed by atoms with Crippen molar-refractivity contribution in [3.8, 4) is 0 Å². The summed E-state index contributed by atoms with van der Waals surface area (Å²) in [5, 5.41) is 13.3. The second-order valence-corrected chi connectivity index (χ2v) is 5.51. The lowest BCUT2D eigenvalue weighted by Crippen LogP contribution is -2.07. The standard InChI is InChI=1S/C13H19N3OS/c1-4-10-15-12(14-6-5-7-17)11-8(2)9(3)18-13(11)16-10/h17H,4-7H2,1-3H3,(H,14,15,16). The zero-order valence-electron chi connectivity index (χ0n) is 11.1. The van der Waals surface area contributed by atoms with Crippen LogP contribution in [0.1, 0.15) is 29.6 Å². The monoisotopic (exact) mass is 265 g/mol. The molecule has 0 saturated heterocycles. The molecular weight excluding hydrogens is 246 g/mol. The lowest BCUT2D eigenvalue weighted by atomic mass is 10.2. The van der Waals surface area contributed by atoms with Crippen LogP contribution in [0.2, 0.25) is 0 Å². The van der Waals surface area contributed by atoms with Gasteiger partial charge in [0.2, 0.25) is 0 Å². The van der Waals surface area contributed by atoms with Gasteiger partial charge in [-0.15, -0.1) is 11.3 Å². The number of aryl methyl sites for hydroxylation is 3. The fourth-order valence-corrected chi connectivity index (χ4v) is 2.91. The fourth-order valence-electron chi connectivity index (χ4n) is 1.87. The van der Waals surface area contributed by atoms with E-state index in [1.165, 1.54) is 10.4 Å². The molecule has 0 unspecified atom stereocenters. The Balaban J connectivity index is 2.46. The van der Waals surface area contributed by atoms with Gasteiger partial charge < -0.3 is 10.4 Å². The van der Waals surface area contributed by atoms with Crippen LogP contribution in [0.15, 0.2) is 0 Å². The number of thiophene rings is 1. The summed E-state index contributed by atoms with van der Waals surface area (Å²) in [6.07, 6.45) is 1.57. The van der Waals surface area contributed by atoms with Gasteiger partial charge >= 0.3 is 0 Å². The Bertz CT molecular complexity index is 551. The minimum absolute atomic E-state index is 0.198. The Kier molecular flexibility index (Phi) is 4.14. The van der Waals surface area contributed by atoms with E-state index in [9.17, 15) is 0 Å². The maximum atomic E-state index is 8.85. The summed E-state index contributed by atoms with van der Waals surface area (Å²) in [6.45, 7) is 7.22. The van der Waals surface area contributed by atoms with E-state index in [1.54, 1.807) is 11.3 Å². The molecule has 0 aliphatic rings. The van der Waals surface area contributed by atoms with Crippen molar-refractivity contribution in [1.29, 1.82) is 0 Å². The van der Waals surface area contributed by atoms with Gasteiger partial charge in [-0.2, -0.15) is 0 Å². The quantitative estimate of drug-likeness (QED) is 0.816. The number of aromatic nitrogens is 2. The van der Waals surface area contributed by atoms with Crippen molar-refractivity contribution in [1.82, 2.24) is 9.97 Å². The molecule has 2 N–H and O–H groups in total. The van der Waals surface area contributed by atoms with Gasteiger partial charge in [-0.25, -0.2) is 9.97 Å². The smallest absolute Gasteiger partial charge is 0.138 e. The van der Waals surface area contributed by atoms with E-state index in [2.05, 4.69) is 36.1 Å². The Hall–Kier alpha value is -1.20. The van der Waals surface area contributed by atoms with Gasteiger partial charge in [0, 0.05) is 24.4 Å². The van der Waals surface area contributed by atoms with Crippen molar-refractivity contribution < 1.29 is 5.11 Å². The van der Waals surface area contributed by atoms with E-state index in [4.69, 9.17) is 5.11 Å². The molecule has 0 spiro atoms. The van der Waals surface area contributed by atoms with E-state index in [1.807, 2.05) is 0 Å². The van der Waals surface area contributed by atoms with Crippen molar-refractivity contribution >= 4 is 27.4 Å². The van der Waals surface area contributed by atoms with E-state index in [0.29, 0.717) is 0 Å². The van der Waals surface area contributed by atoms with Crippen LogP contribution in [0.25, 0.3) is 10.2 Å². The third-order valence-electron chi connectivity index (χ3n) is 3.02. The van der Waals surface area contributed by atoms with Crippen LogP contribution >= 0.6 is 11.3 Å². The highest BCUT2D eigenvalue weighted by Crippen LogP contribution is 2.33. The van der Waals surface area contributed by atoms with Crippen LogP contribution in [0.3, 0.4) is 0 Å². The van der Waals surface area contributed by atoms with Gasteiger partial charge in [0.15, 0.2) is 0 Å². The van der Waals surface area contributed by atoms with Crippen LogP contribution in [0, 0.1) is 13.8 Å². The summed E-state index contributed by atoms with van der Waals surface area (Å²) in [4.78, 5) is 11.5. The second-order valence-electron chi connectivity index (χ2n) is 4.31. The number of nitrogens with one attached hydrogen (secondary N) is 1. The summed E-state index contributed by atoms with van der Waals surface area (Å²) in [7, 11) is 0. The Morgan fingerprint density at radius 1 is 1.28 bits per heavy atom. The molecule has 2 heterocycles. The molecule has 5 heteroatoms. The van der Waals surface area contributed by atoms with E-state index in [-0.39, 0.29) is 6.61 Å². The number of anilines is 1. The van der Waals surface area contributed by atoms with Gasteiger partial charge in [0.05, 0.1) is 5.39 Å². The normalized spacial score (nSPS) is 11.1. The minimum Gasteiger partial charge on any atom is -0.396 e. The van der Waals surface area contributed by atoms with Gasteiger partial charge in [-0.05, 0) is 25.8 Å². The second kappa shape index (κ2) is 5.63. The predicted molar refractivity (Wildman–Crippen MR) is 76.5 cm³/mol. The highest BCUT2D eigenvalue weighted by Gasteiger charge is 2.13. The molecule has 18 heavy (non-hydrogen) atoms. The van der Waals surface area contributed by atoms with Crippen LogP contribution in [0.5, 0.6) is 0 Å². The fraction of sp³-hybridized carbons (Fsp3) is 0.538. The highest BCUT2D eigenvalue weighted by molar-refractivity contribution is 7.18. The Morgan fingerprint density at radius 3 is 2.72 bits per heavy atom. The van der Waals surface area contributed by atoms with Gasteiger partial charge in [-0.3, -0.25) is 0 Å². The minimum atomic E-state index is 0.198. The number of hydrogen-bond acceptors (Lipinski definition) is 5. The van der Waals surface area contributed by atoms with Crippen molar-refractivity contribution in [3.63, 3.8) is 0 Å². The molecule has 0 fully saturated rings. The maximum Gasteiger partial charge on any atom is 0.138 e. The molecule has 0 aliphatic carbocycles. The van der Waals surface area contributed by atoms with Crippen LogP contribution in [-0.2, 0) is 6.42 Å². The van der Waals surface area contributed by atoms with Gasteiger partial charge in [0.1, 0.15) is 16.5 Å². The molecule has 0 aliphatic heterocycles. The van der Waals surface area contributed by atoms with Crippen LogP contribution < -0.4 is 5.32 Å². The third kappa shape index (κ3) is 2.47. The number of aliphatic hydroxyl groups excluding tert-OH is 1. The molecule has 0 radical (unpaired) electrons. The predicted octanol–water partition coefficient (Wildman–Crippen LogP) is 2.66. The molecule has 0 amide bonds. The van der Waals surface area contributed by atoms with E-state index in [0.717, 1.165) is 41.2 Å². The lowest BCUT2D eigenvalue weighted by molar-refractivity contribution is 0.292. The van der Waals surface area contributed by atoms with Crippen LogP contribution in [-0.4, -0.2) is 28.2 Å². The highest BCUT2D eigenvalue weighted by atomic mass is 32.1. The van der Waals surface area contributed by atoms with Crippen molar-refractivity contribution in [3.05, 3.63) is 16.3 Å². The SMILES string of the molecule is CCc1nc(NCCCO)c2c(C)c(C)sc2n1. The van der Waals surface area contributed by atoms with E-state index >= 15 is 0 Å². The zero-order chi connectivity index (χ0) is 13.1. The number of nitrogens with zero attached hydrogens (tertiary/aromatic N) is 2. The topological polar surface area (TPSA) is 58.0 Å². The molecule has 98 valence electrons. The van der Waals surface area contributed by atoms with E-state index < -0.39 is 0 Å². The van der Waals surface area contributed by atoms with Gasteiger partial charge in [-0.1, -0.05) is 6.92 Å². The van der Waals surface area contributed by atoms with Crippen molar-refractivity contribution in [2.24, 2.45) is 0 Å². The lowest BCUT2D eigenvalue weighted by Gasteiger charge is -2.08. The first-order valence-electron chi connectivity index (χ1n) is 6.28. The number of fused-ring (bicyclic) bond motifs is 1. The largest absolute Gasteiger partial charge is 0.396 e. The number of rotatable bonds is 5. The van der Waals surface area contributed by atoms with Crippen LogP contribution in [0.4, 0.5) is 5.82 Å².